The maximum absolute atomic E-state index is 8.81. The SMILES string of the molecule is C[SiH](C)CC(O)CO. The Labute approximate surface area is 51.8 Å². The fourth-order valence-corrected chi connectivity index (χ4v) is 1.86. The molecule has 0 heterocycles. The van der Waals surface area contributed by atoms with E-state index in [1.807, 2.05) is 0 Å². The largest absolute Gasteiger partial charge is 0.394 e. The van der Waals surface area contributed by atoms with Crippen LogP contribution in [-0.2, 0) is 0 Å². The molecule has 0 saturated heterocycles. The summed E-state index contributed by atoms with van der Waals surface area (Å²) in [5.41, 5.74) is 0. The first-order valence-electron chi connectivity index (χ1n) is 2.95. The van der Waals surface area contributed by atoms with Crippen LogP contribution < -0.4 is 0 Å². The van der Waals surface area contributed by atoms with E-state index in [4.69, 9.17) is 10.2 Å². The lowest BCUT2D eigenvalue weighted by molar-refractivity contribution is 0.109. The third kappa shape index (κ3) is 4.30. The molecule has 0 aromatic heterocycles. The highest BCUT2D eigenvalue weighted by atomic mass is 28.3. The lowest BCUT2D eigenvalue weighted by Gasteiger charge is -2.06. The second-order valence-corrected chi connectivity index (χ2v) is 5.73. The van der Waals surface area contributed by atoms with Gasteiger partial charge in [0.15, 0.2) is 0 Å². The van der Waals surface area contributed by atoms with Gasteiger partial charge < -0.3 is 10.2 Å². The van der Waals surface area contributed by atoms with Crippen LogP contribution in [0.15, 0.2) is 0 Å². The van der Waals surface area contributed by atoms with Crippen LogP contribution in [0.1, 0.15) is 0 Å². The monoisotopic (exact) mass is 134 g/mol. The molecule has 2 N–H and O–H groups in total. The maximum Gasteiger partial charge on any atom is 0.0745 e. The Balaban J connectivity index is 3.10. The first kappa shape index (κ1) is 8.14. The van der Waals surface area contributed by atoms with Crippen molar-refractivity contribution >= 4 is 8.80 Å². The van der Waals surface area contributed by atoms with E-state index in [-0.39, 0.29) is 6.61 Å². The Hall–Kier alpha value is 0.137. The molecule has 2 nitrogen and oxygen atoms in total. The number of hydrogen-bond donors (Lipinski definition) is 2. The van der Waals surface area contributed by atoms with Gasteiger partial charge in [0, 0.05) is 8.80 Å². The molecule has 8 heavy (non-hydrogen) atoms. The van der Waals surface area contributed by atoms with Crippen molar-refractivity contribution in [3.05, 3.63) is 0 Å². The third-order valence-corrected chi connectivity index (χ3v) is 2.44. The molecule has 0 aromatic carbocycles. The Kier molecular flexibility index (Phi) is 4.13. The quantitative estimate of drug-likeness (QED) is 0.526. The van der Waals surface area contributed by atoms with E-state index in [1.165, 1.54) is 0 Å². The van der Waals surface area contributed by atoms with Crippen LogP contribution in [-0.4, -0.2) is 31.7 Å². The van der Waals surface area contributed by atoms with Crippen molar-refractivity contribution in [2.45, 2.75) is 25.2 Å². The Morgan fingerprint density at radius 1 is 1.50 bits per heavy atom. The predicted molar refractivity (Wildman–Crippen MR) is 36.8 cm³/mol. The Morgan fingerprint density at radius 3 is 2.12 bits per heavy atom. The minimum absolute atomic E-state index is 0.0782. The second-order valence-electron chi connectivity index (χ2n) is 2.47. The average molecular weight is 134 g/mol. The van der Waals surface area contributed by atoms with E-state index >= 15 is 0 Å². The molecule has 3 heteroatoms. The van der Waals surface area contributed by atoms with E-state index in [0.717, 1.165) is 6.04 Å². The summed E-state index contributed by atoms with van der Waals surface area (Å²) in [5.74, 6) is 0. The highest BCUT2D eigenvalue weighted by Gasteiger charge is 2.04. The summed E-state index contributed by atoms with van der Waals surface area (Å²) in [5, 5.41) is 17.2. The van der Waals surface area contributed by atoms with Crippen LogP contribution in [0.25, 0.3) is 0 Å². The van der Waals surface area contributed by atoms with E-state index < -0.39 is 14.9 Å². The Bertz CT molecular complexity index is 56.4. The van der Waals surface area contributed by atoms with Gasteiger partial charge in [-0.15, -0.1) is 0 Å². The molecule has 1 atom stereocenters. The van der Waals surface area contributed by atoms with Crippen molar-refractivity contribution in [3.63, 3.8) is 0 Å². The first-order chi connectivity index (χ1) is 3.66. The molecule has 1 unspecified atom stereocenters. The van der Waals surface area contributed by atoms with Crippen LogP contribution in [0, 0.1) is 0 Å². The smallest absolute Gasteiger partial charge is 0.0745 e. The molecular weight excluding hydrogens is 120 g/mol. The molecule has 0 aromatic rings. The first-order valence-corrected chi connectivity index (χ1v) is 6.08. The van der Waals surface area contributed by atoms with E-state index in [0.29, 0.717) is 0 Å². The van der Waals surface area contributed by atoms with Gasteiger partial charge in [-0.05, 0) is 6.04 Å². The molecule has 0 rings (SSSR count). The zero-order chi connectivity index (χ0) is 6.57. The van der Waals surface area contributed by atoms with Gasteiger partial charge in [0.1, 0.15) is 0 Å². The maximum atomic E-state index is 8.81. The van der Waals surface area contributed by atoms with Crippen molar-refractivity contribution in [1.82, 2.24) is 0 Å². The molecule has 0 aliphatic carbocycles. The van der Waals surface area contributed by atoms with Crippen LogP contribution in [0.5, 0.6) is 0 Å². The van der Waals surface area contributed by atoms with Gasteiger partial charge in [0.2, 0.25) is 0 Å². The fourth-order valence-electron chi connectivity index (χ4n) is 0.619. The van der Waals surface area contributed by atoms with E-state index in [9.17, 15) is 0 Å². The third-order valence-electron chi connectivity index (χ3n) is 0.954. The molecule has 0 spiro atoms. The summed E-state index contributed by atoms with van der Waals surface area (Å²) in [6.07, 6.45) is -0.457. The number of hydrogen-bond acceptors (Lipinski definition) is 2. The fraction of sp³-hybridized carbons (Fsp3) is 1.00. The normalized spacial score (nSPS) is 14.6. The summed E-state index contributed by atoms with van der Waals surface area (Å²) in [6.45, 7) is 4.23. The van der Waals surface area contributed by atoms with Crippen molar-refractivity contribution < 1.29 is 10.2 Å². The van der Waals surface area contributed by atoms with Crippen molar-refractivity contribution in [1.29, 1.82) is 0 Å². The lowest BCUT2D eigenvalue weighted by Crippen LogP contribution is -2.17. The van der Waals surface area contributed by atoms with Gasteiger partial charge >= 0.3 is 0 Å². The summed E-state index contributed by atoms with van der Waals surface area (Å²) in [6, 6.07) is 0.830. The lowest BCUT2D eigenvalue weighted by atomic mass is 10.4. The predicted octanol–water partition coefficient (Wildman–Crippen LogP) is -0.174. The molecular formula is C5H14O2Si. The second kappa shape index (κ2) is 4.06. The molecule has 0 radical (unpaired) electrons. The zero-order valence-electron chi connectivity index (χ0n) is 5.46. The van der Waals surface area contributed by atoms with Crippen molar-refractivity contribution in [2.24, 2.45) is 0 Å². The van der Waals surface area contributed by atoms with Gasteiger partial charge in [0.05, 0.1) is 12.7 Å². The van der Waals surface area contributed by atoms with Gasteiger partial charge in [-0.2, -0.15) is 0 Å². The number of aliphatic hydroxyl groups excluding tert-OH is 2. The molecule has 0 aliphatic rings. The summed E-state index contributed by atoms with van der Waals surface area (Å²) >= 11 is 0. The van der Waals surface area contributed by atoms with Gasteiger partial charge in [-0.3, -0.25) is 0 Å². The topological polar surface area (TPSA) is 40.5 Å². The van der Waals surface area contributed by atoms with Crippen molar-refractivity contribution in [3.8, 4) is 0 Å². The van der Waals surface area contributed by atoms with Crippen LogP contribution in [0.4, 0.5) is 0 Å². The number of rotatable bonds is 3. The molecule has 0 amide bonds. The van der Waals surface area contributed by atoms with Crippen LogP contribution >= 0.6 is 0 Å². The molecule has 0 bridgehead atoms. The van der Waals surface area contributed by atoms with Gasteiger partial charge in [-0.25, -0.2) is 0 Å². The zero-order valence-corrected chi connectivity index (χ0v) is 6.62. The average Bonchev–Trinajstić information content (AvgIpc) is 1.65. The molecule has 50 valence electrons. The van der Waals surface area contributed by atoms with Crippen LogP contribution in [0.3, 0.4) is 0 Å². The van der Waals surface area contributed by atoms with E-state index in [2.05, 4.69) is 13.1 Å². The highest BCUT2D eigenvalue weighted by Crippen LogP contribution is 1.96. The van der Waals surface area contributed by atoms with E-state index in [1.54, 1.807) is 0 Å². The Morgan fingerprint density at radius 2 is 2.00 bits per heavy atom. The van der Waals surface area contributed by atoms with Gasteiger partial charge in [0.25, 0.3) is 0 Å². The summed E-state index contributed by atoms with van der Waals surface area (Å²) in [7, 11) is -0.656. The van der Waals surface area contributed by atoms with Crippen molar-refractivity contribution in [2.75, 3.05) is 6.61 Å². The standard InChI is InChI=1S/C5H14O2Si/c1-8(2)4-5(7)3-6/h5-8H,3-4H2,1-2H3. The highest BCUT2D eigenvalue weighted by molar-refractivity contribution is 6.55. The number of aliphatic hydroxyl groups is 2. The summed E-state index contributed by atoms with van der Waals surface area (Å²) < 4.78 is 0. The minimum Gasteiger partial charge on any atom is -0.394 e. The van der Waals surface area contributed by atoms with Gasteiger partial charge in [-0.1, -0.05) is 13.1 Å². The molecule has 0 aliphatic heterocycles. The minimum atomic E-state index is -0.656. The molecule has 0 saturated carbocycles. The summed E-state index contributed by atoms with van der Waals surface area (Å²) in [4.78, 5) is 0. The molecule has 0 fully saturated rings. The van der Waals surface area contributed by atoms with Crippen LogP contribution in [0.2, 0.25) is 19.1 Å².